The fraction of sp³-hybridized carbons (Fsp3) is 0.545. The van der Waals surface area contributed by atoms with Crippen LogP contribution in [0.2, 0.25) is 0 Å². The third kappa shape index (κ3) is 1.40. The Hall–Kier alpha value is -1.17. The number of aliphatic hydroxyl groups excluding tert-OH is 2. The zero-order valence-corrected chi connectivity index (χ0v) is 8.97. The number of H-pyrrole nitrogens is 1. The van der Waals surface area contributed by atoms with Crippen LogP contribution in [0.1, 0.15) is 24.5 Å². The van der Waals surface area contributed by atoms with E-state index in [1.807, 2.05) is 0 Å². The zero-order chi connectivity index (χ0) is 11.9. The minimum absolute atomic E-state index is 0.0645. The Bertz CT molecular complexity index is 456. The number of nitrogens with one attached hydrogen (secondary N) is 1. The smallest absolute Gasteiger partial charge is 0.251 e. The first-order chi connectivity index (χ1) is 7.50. The fourth-order valence-corrected chi connectivity index (χ4v) is 2.32. The number of hydrogen-bond acceptors (Lipinski definition) is 4. The van der Waals surface area contributed by atoms with Crippen LogP contribution >= 0.6 is 0 Å². The van der Waals surface area contributed by atoms with Gasteiger partial charge in [0, 0.05) is 18.2 Å². The molecular formula is C11H15NO4. The predicted molar refractivity (Wildman–Crippen MR) is 57.0 cm³/mol. The molecule has 0 fully saturated rings. The van der Waals surface area contributed by atoms with Gasteiger partial charge in [0.2, 0.25) is 0 Å². The lowest BCUT2D eigenvalue weighted by molar-refractivity contribution is -0.140. The number of rotatable bonds is 1. The van der Waals surface area contributed by atoms with E-state index in [1.165, 1.54) is 6.20 Å². The normalized spacial score (nSPS) is 33.5. The molecule has 0 saturated heterocycles. The van der Waals surface area contributed by atoms with Crippen molar-refractivity contribution in [3.05, 3.63) is 33.7 Å². The van der Waals surface area contributed by atoms with Gasteiger partial charge in [-0.1, -0.05) is 6.92 Å². The Balaban J connectivity index is 2.66. The summed E-state index contributed by atoms with van der Waals surface area (Å²) in [7, 11) is 0. The lowest BCUT2D eigenvalue weighted by Crippen LogP contribution is -2.52. The lowest BCUT2D eigenvalue weighted by atomic mass is 9.75. The maximum atomic E-state index is 11.6. The minimum atomic E-state index is -1.54. The van der Waals surface area contributed by atoms with Crippen LogP contribution in [0, 0.1) is 0 Å². The van der Waals surface area contributed by atoms with E-state index in [1.54, 1.807) is 13.0 Å². The summed E-state index contributed by atoms with van der Waals surface area (Å²) in [5, 5.41) is 29.8. The van der Waals surface area contributed by atoms with Crippen LogP contribution in [0.4, 0.5) is 0 Å². The second-order valence-electron chi connectivity index (χ2n) is 4.19. The van der Waals surface area contributed by atoms with Crippen molar-refractivity contribution in [2.45, 2.75) is 37.6 Å². The Morgan fingerprint density at radius 3 is 2.88 bits per heavy atom. The van der Waals surface area contributed by atoms with Gasteiger partial charge in [0.15, 0.2) is 0 Å². The third-order valence-electron chi connectivity index (χ3n) is 3.34. The Kier molecular flexibility index (Phi) is 2.61. The van der Waals surface area contributed by atoms with Gasteiger partial charge in [-0.25, -0.2) is 0 Å². The van der Waals surface area contributed by atoms with Crippen molar-refractivity contribution in [3.8, 4) is 0 Å². The lowest BCUT2D eigenvalue weighted by Gasteiger charge is -2.40. The molecule has 1 heterocycles. The van der Waals surface area contributed by atoms with Crippen LogP contribution in [0.25, 0.3) is 0 Å². The van der Waals surface area contributed by atoms with E-state index in [0.717, 1.165) is 0 Å². The topological polar surface area (TPSA) is 93.5 Å². The summed E-state index contributed by atoms with van der Waals surface area (Å²) in [6, 6.07) is 1.58. The van der Waals surface area contributed by atoms with Crippen molar-refractivity contribution >= 4 is 0 Å². The van der Waals surface area contributed by atoms with Crippen LogP contribution in [0.5, 0.6) is 0 Å². The highest BCUT2D eigenvalue weighted by Crippen LogP contribution is 2.36. The van der Waals surface area contributed by atoms with Crippen molar-refractivity contribution in [2.75, 3.05) is 0 Å². The number of pyridine rings is 1. The van der Waals surface area contributed by atoms with E-state index < -0.39 is 17.8 Å². The summed E-state index contributed by atoms with van der Waals surface area (Å²) in [6.45, 7) is 1.70. The first-order valence-electron chi connectivity index (χ1n) is 5.30. The maximum Gasteiger partial charge on any atom is 0.251 e. The molecule has 0 aromatic carbocycles. The van der Waals surface area contributed by atoms with E-state index in [9.17, 15) is 20.1 Å². The SMILES string of the molecule is CC[C@]1(O)c2cc[nH]c(=O)c2C[C@@H](O)[C@H]1O. The molecule has 4 N–H and O–H groups in total. The van der Waals surface area contributed by atoms with Crippen LogP contribution in [0.15, 0.2) is 17.1 Å². The maximum absolute atomic E-state index is 11.6. The van der Waals surface area contributed by atoms with Gasteiger partial charge in [-0.2, -0.15) is 0 Å². The van der Waals surface area contributed by atoms with Gasteiger partial charge in [-0.3, -0.25) is 4.79 Å². The zero-order valence-electron chi connectivity index (χ0n) is 8.97. The van der Waals surface area contributed by atoms with Crippen LogP contribution in [0.3, 0.4) is 0 Å². The molecular weight excluding hydrogens is 210 g/mol. The second-order valence-corrected chi connectivity index (χ2v) is 4.19. The molecule has 1 aromatic heterocycles. The summed E-state index contributed by atoms with van der Waals surface area (Å²) in [6.07, 6.45) is -0.629. The van der Waals surface area contributed by atoms with Crippen LogP contribution in [-0.2, 0) is 12.0 Å². The van der Waals surface area contributed by atoms with E-state index >= 15 is 0 Å². The molecule has 0 saturated carbocycles. The van der Waals surface area contributed by atoms with Gasteiger partial charge < -0.3 is 20.3 Å². The van der Waals surface area contributed by atoms with Gasteiger partial charge in [0.25, 0.3) is 5.56 Å². The molecule has 5 nitrogen and oxygen atoms in total. The largest absolute Gasteiger partial charge is 0.390 e. The van der Waals surface area contributed by atoms with Gasteiger partial charge >= 0.3 is 0 Å². The molecule has 1 aliphatic rings. The molecule has 0 spiro atoms. The third-order valence-corrected chi connectivity index (χ3v) is 3.34. The van der Waals surface area contributed by atoms with Gasteiger partial charge in [-0.15, -0.1) is 0 Å². The first kappa shape index (κ1) is 11.3. The highest BCUT2D eigenvalue weighted by atomic mass is 16.4. The standard InChI is InChI=1S/C11H15NO4/c1-2-11(16)7-3-4-12-10(15)6(7)5-8(13)9(11)14/h3-4,8-9,13-14,16H,2,5H2,1H3,(H,12,15)/t8-,9-,11+/m1/s1. The first-order valence-corrected chi connectivity index (χ1v) is 5.30. The van der Waals surface area contributed by atoms with Crippen molar-refractivity contribution in [3.63, 3.8) is 0 Å². The Morgan fingerprint density at radius 2 is 2.25 bits per heavy atom. The van der Waals surface area contributed by atoms with Gasteiger partial charge in [0.05, 0.1) is 6.10 Å². The average Bonchev–Trinajstić information content (AvgIpc) is 2.28. The number of fused-ring (bicyclic) bond motifs is 1. The van der Waals surface area contributed by atoms with E-state index in [0.29, 0.717) is 11.1 Å². The fourth-order valence-electron chi connectivity index (χ4n) is 2.32. The molecule has 88 valence electrons. The van der Waals surface area contributed by atoms with E-state index in [2.05, 4.69) is 4.98 Å². The van der Waals surface area contributed by atoms with Gasteiger partial charge in [0.1, 0.15) is 11.7 Å². The number of aromatic amines is 1. The summed E-state index contributed by atoms with van der Waals surface area (Å²) in [5.74, 6) is 0. The van der Waals surface area contributed by atoms with E-state index in [-0.39, 0.29) is 18.4 Å². The monoisotopic (exact) mass is 225 g/mol. The molecule has 0 amide bonds. The van der Waals surface area contributed by atoms with Crippen LogP contribution < -0.4 is 5.56 Å². The van der Waals surface area contributed by atoms with Crippen molar-refractivity contribution < 1.29 is 15.3 Å². The minimum Gasteiger partial charge on any atom is -0.390 e. The second kappa shape index (κ2) is 3.69. The van der Waals surface area contributed by atoms with Crippen molar-refractivity contribution in [1.82, 2.24) is 4.98 Å². The van der Waals surface area contributed by atoms with Gasteiger partial charge in [-0.05, 0) is 18.1 Å². The van der Waals surface area contributed by atoms with Crippen molar-refractivity contribution in [2.24, 2.45) is 0 Å². The Labute approximate surface area is 92.4 Å². The van der Waals surface area contributed by atoms with Crippen molar-refractivity contribution in [1.29, 1.82) is 0 Å². The molecule has 0 radical (unpaired) electrons. The molecule has 16 heavy (non-hydrogen) atoms. The molecule has 3 atom stereocenters. The molecule has 5 heteroatoms. The summed E-state index contributed by atoms with van der Waals surface area (Å²) < 4.78 is 0. The predicted octanol–water partition coefficient (Wildman–Crippen LogP) is -0.750. The summed E-state index contributed by atoms with van der Waals surface area (Å²) >= 11 is 0. The number of hydrogen-bond donors (Lipinski definition) is 4. The Morgan fingerprint density at radius 1 is 1.56 bits per heavy atom. The molecule has 0 bridgehead atoms. The highest BCUT2D eigenvalue weighted by Gasteiger charge is 2.46. The highest BCUT2D eigenvalue weighted by molar-refractivity contribution is 5.35. The van der Waals surface area contributed by atoms with E-state index in [4.69, 9.17) is 0 Å². The molecule has 0 unspecified atom stereocenters. The number of aromatic nitrogens is 1. The quantitative estimate of drug-likeness (QED) is 0.506. The summed E-state index contributed by atoms with van der Waals surface area (Å²) in [5.41, 5.74) is -1.10. The molecule has 1 aliphatic carbocycles. The average molecular weight is 225 g/mol. The van der Waals surface area contributed by atoms with Crippen LogP contribution in [-0.4, -0.2) is 32.5 Å². The molecule has 1 aromatic rings. The molecule has 0 aliphatic heterocycles. The number of aliphatic hydroxyl groups is 3. The molecule has 2 rings (SSSR count). The summed E-state index contributed by atoms with van der Waals surface area (Å²) in [4.78, 5) is 14.1.